The minimum absolute atomic E-state index is 0.189. The second-order valence-electron chi connectivity index (χ2n) is 5.83. The van der Waals surface area contributed by atoms with E-state index in [1.165, 1.54) is 4.68 Å². The van der Waals surface area contributed by atoms with Gasteiger partial charge in [0.2, 0.25) is 0 Å². The Morgan fingerprint density at radius 3 is 2.29 bits per heavy atom. The van der Waals surface area contributed by atoms with Gasteiger partial charge in [-0.2, -0.15) is 0 Å². The van der Waals surface area contributed by atoms with Crippen molar-refractivity contribution in [3.05, 3.63) is 63.2 Å². The Balaban J connectivity index is 1.97. The Morgan fingerprint density at radius 2 is 1.61 bits per heavy atom. The maximum atomic E-state index is 12.8. The fourth-order valence-electron chi connectivity index (χ4n) is 2.60. The number of aromatic nitrogens is 1. The number of carbonyl (C=O) groups excluding carboxylic acids is 3. The van der Waals surface area contributed by atoms with Gasteiger partial charge in [-0.3, -0.25) is 19.8 Å². The minimum Gasteiger partial charge on any atom is -0.348 e. The minimum atomic E-state index is -0.861. The topological polar surface area (TPSA) is 92.2 Å². The summed E-state index contributed by atoms with van der Waals surface area (Å²) in [5, 5.41) is 5.95. The molecule has 1 aromatic heterocycles. The molecule has 7 nitrogen and oxygen atoms in total. The number of likely N-dealkylation sites (N-methyl/N-ethyl adjacent to an activating group) is 1. The number of hydrogen-bond acceptors (Lipinski definition) is 3. The molecule has 0 aliphatic heterocycles. The summed E-state index contributed by atoms with van der Waals surface area (Å²) < 4.78 is 3.03. The van der Waals surface area contributed by atoms with Crippen LogP contribution in [0.4, 0.5) is 5.69 Å². The van der Waals surface area contributed by atoms with Gasteiger partial charge in [0.05, 0.1) is 5.52 Å². The number of carbonyl (C=O) groups is 3. The van der Waals surface area contributed by atoms with Crippen LogP contribution in [0.2, 0.25) is 0 Å². The normalized spacial score (nSPS) is 10.5. The van der Waals surface area contributed by atoms with Gasteiger partial charge in [-0.05, 0) is 55.5 Å². The molecule has 2 aromatic carbocycles. The molecule has 0 saturated carbocycles. The van der Waals surface area contributed by atoms with Crippen molar-refractivity contribution in [3.8, 4) is 0 Å². The molecule has 1 heterocycles. The highest BCUT2D eigenvalue weighted by molar-refractivity contribution is 9.10. The lowest BCUT2D eigenvalue weighted by atomic mass is 10.2. The molecule has 0 atom stereocenters. The molecule has 0 bridgehead atoms. The standard InChI is InChI=1S/C19H16Br2N4O3/c1-2-22-18(27)19(28)24-25-15-8-5-13(21)9-11(15)10-16(25)17(26)23-14-6-3-12(20)4-7-14/h3-10H,2H2,1H3,(H,22,27)(H,23,26)(H,24,28). The van der Waals surface area contributed by atoms with Crippen molar-refractivity contribution in [3.63, 3.8) is 0 Å². The molecule has 0 aliphatic rings. The van der Waals surface area contributed by atoms with Crippen LogP contribution in [-0.4, -0.2) is 28.9 Å². The lowest BCUT2D eigenvalue weighted by Crippen LogP contribution is -2.39. The number of anilines is 1. The van der Waals surface area contributed by atoms with Gasteiger partial charge in [0.15, 0.2) is 0 Å². The predicted octanol–water partition coefficient (Wildman–Crippen LogP) is 3.62. The molecular formula is C19H16Br2N4O3. The van der Waals surface area contributed by atoms with Crippen LogP contribution >= 0.6 is 31.9 Å². The van der Waals surface area contributed by atoms with Gasteiger partial charge < -0.3 is 10.6 Å². The van der Waals surface area contributed by atoms with Gasteiger partial charge in [-0.1, -0.05) is 31.9 Å². The van der Waals surface area contributed by atoms with Crippen LogP contribution in [0, 0.1) is 0 Å². The Kier molecular flexibility index (Phi) is 6.15. The summed E-state index contributed by atoms with van der Waals surface area (Å²) in [5.74, 6) is -2.06. The van der Waals surface area contributed by atoms with E-state index in [2.05, 4.69) is 47.9 Å². The second kappa shape index (κ2) is 8.57. The highest BCUT2D eigenvalue weighted by atomic mass is 79.9. The molecule has 0 radical (unpaired) electrons. The third-order valence-corrected chi connectivity index (χ3v) is 4.88. The van der Waals surface area contributed by atoms with Gasteiger partial charge in [-0.25, -0.2) is 4.68 Å². The molecule has 144 valence electrons. The third-order valence-electron chi connectivity index (χ3n) is 3.86. The number of amides is 3. The molecule has 3 aromatic rings. The zero-order chi connectivity index (χ0) is 20.3. The first-order valence-corrected chi connectivity index (χ1v) is 9.94. The number of halogens is 2. The molecule has 0 saturated heterocycles. The maximum Gasteiger partial charge on any atom is 0.328 e. The van der Waals surface area contributed by atoms with Crippen molar-refractivity contribution in [2.75, 3.05) is 17.3 Å². The Bertz CT molecular complexity index is 1060. The largest absolute Gasteiger partial charge is 0.348 e. The zero-order valence-electron chi connectivity index (χ0n) is 14.8. The van der Waals surface area contributed by atoms with E-state index in [4.69, 9.17) is 0 Å². The number of benzene rings is 2. The van der Waals surface area contributed by atoms with Crippen molar-refractivity contribution >= 4 is 66.2 Å². The molecular weight excluding hydrogens is 492 g/mol. The number of hydrogen-bond donors (Lipinski definition) is 3. The second-order valence-corrected chi connectivity index (χ2v) is 7.66. The van der Waals surface area contributed by atoms with Crippen molar-refractivity contribution in [1.29, 1.82) is 0 Å². The lowest BCUT2D eigenvalue weighted by Gasteiger charge is -2.12. The number of nitrogens with one attached hydrogen (secondary N) is 3. The Hall–Kier alpha value is -2.65. The number of nitrogens with zero attached hydrogens (tertiary/aromatic N) is 1. The van der Waals surface area contributed by atoms with E-state index in [1.54, 1.807) is 49.4 Å². The first-order valence-electron chi connectivity index (χ1n) is 8.36. The molecule has 3 amide bonds. The van der Waals surface area contributed by atoms with Crippen LogP contribution < -0.4 is 16.1 Å². The van der Waals surface area contributed by atoms with E-state index in [0.717, 1.165) is 14.3 Å². The molecule has 0 aliphatic carbocycles. The van der Waals surface area contributed by atoms with Gasteiger partial charge in [0.25, 0.3) is 5.91 Å². The Labute approximate surface area is 177 Å². The van der Waals surface area contributed by atoms with Crippen molar-refractivity contribution in [2.45, 2.75) is 6.92 Å². The maximum absolute atomic E-state index is 12.8. The van der Waals surface area contributed by atoms with Crippen molar-refractivity contribution < 1.29 is 14.4 Å². The quantitative estimate of drug-likeness (QED) is 0.471. The van der Waals surface area contributed by atoms with Gasteiger partial charge in [0, 0.05) is 26.6 Å². The van der Waals surface area contributed by atoms with Crippen molar-refractivity contribution in [1.82, 2.24) is 9.99 Å². The highest BCUT2D eigenvalue weighted by Gasteiger charge is 2.20. The fraction of sp³-hybridized carbons (Fsp3) is 0.105. The first-order chi connectivity index (χ1) is 13.4. The molecule has 9 heteroatoms. The fourth-order valence-corrected chi connectivity index (χ4v) is 3.24. The SMILES string of the molecule is CCNC(=O)C(=O)Nn1c(C(=O)Nc2ccc(Br)cc2)cc2cc(Br)ccc21. The lowest BCUT2D eigenvalue weighted by molar-refractivity contribution is -0.136. The molecule has 3 N–H and O–H groups in total. The summed E-state index contributed by atoms with van der Waals surface area (Å²) in [7, 11) is 0. The summed E-state index contributed by atoms with van der Waals surface area (Å²) >= 11 is 6.74. The van der Waals surface area contributed by atoms with Crippen molar-refractivity contribution in [2.24, 2.45) is 0 Å². The van der Waals surface area contributed by atoms with Crippen LogP contribution in [0.25, 0.3) is 10.9 Å². The Morgan fingerprint density at radius 1 is 0.929 bits per heavy atom. The molecule has 0 unspecified atom stereocenters. The van der Waals surface area contributed by atoms with Crippen LogP contribution in [0.15, 0.2) is 57.5 Å². The highest BCUT2D eigenvalue weighted by Crippen LogP contribution is 2.24. The van der Waals surface area contributed by atoms with E-state index < -0.39 is 17.7 Å². The van der Waals surface area contributed by atoms with E-state index in [9.17, 15) is 14.4 Å². The molecule has 3 rings (SSSR count). The number of rotatable bonds is 4. The first kappa shape index (κ1) is 20.1. The summed E-state index contributed by atoms with van der Waals surface area (Å²) in [6.45, 7) is 2.04. The van der Waals surface area contributed by atoms with Crippen LogP contribution in [0.3, 0.4) is 0 Å². The molecule has 28 heavy (non-hydrogen) atoms. The van der Waals surface area contributed by atoms with Gasteiger partial charge in [0.1, 0.15) is 5.69 Å². The molecule has 0 fully saturated rings. The summed E-state index contributed by atoms with van der Waals surface area (Å²) in [4.78, 5) is 36.9. The van der Waals surface area contributed by atoms with Crippen LogP contribution in [-0.2, 0) is 9.59 Å². The third kappa shape index (κ3) is 4.42. The smallest absolute Gasteiger partial charge is 0.328 e. The predicted molar refractivity (Wildman–Crippen MR) is 115 cm³/mol. The summed E-state index contributed by atoms with van der Waals surface area (Å²) in [5.41, 5.74) is 3.87. The number of fused-ring (bicyclic) bond motifs is 1. The van der Waals surface area contributed by atoms with Gasteiger partial charge in [-0.15, -0.1) is 0 Å². The summed E-state index contributed by atoms with van der Waals surface area (Å²) in [6, 6.07) is 14.1. The van der Waals surface area contributed by atoms with E-state index in [1.807, 2.05) is 6.07 Å². The monoisotopic (exact) mass is 506 g/mol. The average Bonchev–Trinajstić information content (AvgIpc) is 3.01. The van der Waals surface area contributed by atoms with E-state index in [-0.39, 0.29) is 5.69 Å². The zero-order valence-corrected chi connectivity index (χ0v) is 17.9. The molecule has 0 spiro atoms. The van der Waals surface area contributed by atoms with Crippen LogP contribution in [0.5, 0.6) is 0 Å². The van der Waals surface area contributed by atoms with Crippen LogP contribution in [0.1, 0.15) is 17.4 Å². The van der Waals surface area contributed by atoms with E-state index in [0.29, 0.717) is 17.7 Å². The van der Waals surface area contributed by atoms with Gasteiger partial charge >= 0.3 is 11.8 Å². The van der Waals surface area contributed by atoms with E-state index >= 15 is 0 Å². The average molecular weight is 508 g/mol. The summed E-state index contributed by atoms with van der Waals surface area (Å²) in [6.07, 6.45) is 0.